The molecular formula is C11H7BrF2N2O3. The van der Waals surface area contributed by atoms with Crippen molar-refractivity contribution in [3.05, 3.63) is 33.9 Å². The largest absolute Gasteiger partial charge is 0.504 e. The Labute approximate surface area is 114 Å². The van der Waals surface area contributed by atoms with Crippen molar-refractivity contribution in [2.24, 2.45) is 7.05 Å². The van der Waals surface area contributed by atoms with E-state index in [0.29, 0.717) is 0 Å². The summed E-state index contributed by atoms with van der Waals surface area (Å²) in [7, 11) is 1.36. The normalized spacial score (nSPS) is 10.7. The summed E-state index contributed by atoms with van der Waals surface area (Å²) in [6.45, 7) is 0. The second-order valence-corrected chi connectivity index (χ2v) is 4.58. The van der Waals surface area contributed by atoms with E-state index in [9.17, 15) is 18.7 Å². The molecule has 1 aromatic heterocycles. The minimum atomic E-state index is -1.31. The van der Waals surface area contributed by atoms with Crippen LogP contribution in [0.2, 0.25) is 0 Å². The van der Waals surface area contributed by atoms with Gasteiger partial charge in [-0.3, -0.25) is 4.68 Å². The average molecular weight is 333 g/mol. The maximum absolute atomic E-state index is 14.0. The molecule has 0 aliphatic heterocycles. The lowest BCUT2D eigenvalue weighted by molar-refractivity contribution is 0.0689. The van der Waals surface area contributed by atoms with E-state index in [4.69, 9.17) is 5.11 Å². The van der Waals surface area contributed by atoms with Gasteiger partial charge in [-0.25, -0.2) is 13.6 Å². The highest BCUT2D eigenvalue weighted by atomic mass is 79.9. The van der Waals surface area contributed by atoms with Crippen LogP contribution in [0.4, 0.5) is 8.78 Å². The fourth-order valence-corrected chi connectivity index (χ4v) is 2.02. The fourth-order valence-electron chi connectivity index (χ4n) is 1.63. The number of halogens is 3. The lowest BCUT2D eigenvalue weighted by Crippen LogP contribution is -2.00. The number of carboxylic acids is 1. The Morgan fingerprint density at radius 1 is 1.42 bits per heavy atom. The molecule has 0 atom stereocenters. The van der Waals surface area contributed by atoms with Crippen LogP contribution in [0.15, 0.2) is 16.6 Å². The first-order valence-electron chi connectivity index (χ1n) is 4.97. The van der Waals surface area contributed by atoms with Crippen LogP contribution in [0.25, 0.3) is 11.3 Å². The van der Waals surface area contributed by atoms with Crippen LogP contribution in [-0.2, 0) is 7.05 Å². The SMILES string of the molecule is Cn1nc(C(=O)O)cc1-c1c(O)c(F)cc(Br)c1F. The molecule has 5 nitrogen and oxygen atoms in total. The molecule has 19 heavy (non-hydrogen) atoms. The van der Waals surface area contributed by atoms with Gasteiger partial charge in [0, 0.05) is 7.05 Å². The summed E-state index contributed by atoms with van der Waals surface area (Å²) in [5.41, 5.74) is -0.835. The first kappa shape index (κ1) is 13.5. The van der Waals surface area contributed by atoms with E-state index in [1.165, 1.54) is 7.05 Å². The summed E-state index contributed by atoms with van der Waals surface area (Å²) >= 11 is 2.82. The Morgan fingerprint density at radius 3 is 2.58 bits per heavy atom. The minimum absolute atomic E-state index is 0.0485. The Balaban J connectivity index is 2.75. The molecule has 2 rings (SSSR count). The summed E-state index contributed by atoms with van der Waals surface area (Å²) in [6.07, 6.45) is 0. The zero-order valence-corrected chi connectivity index (χ0v) is 11.1. The highest BCUT2D eigenvalue weighted by molar-refractivity contribution is 9.10. The van der Waals surface area contributed by atoms with Crippen molar-refractivity contribution in [1.29, 1.82) is 0 Å². The lowest BCUT2D eigenvalue weighted by Gasteiger charge is -2.08. The van der Waals surface area contributed by atoms with Crippen LogP contribution in [0, 0.1) is 11.6 Å². The Bertz CT molecular complexity index is 659. The van der Waals surface area contributed by atoms with E-state index in [-0.39, 0.29) is 15.9 Å². The smallest absolute Gasteiger partial charge is 0.356 e. The van der Waals surface area contributed by atoms with E-state index in [1.807, 2.05) is 0 Å². The van der Waals surface area contributed by atoms with Crippen LogP contribution in [0.5, 0.6) is 5.75 Å². The van der Waals surface area contributed by atoms with E-state index in [1.54, 1.807) is 0 Å². The fraction of sp³-hybridized carbons (Fsp3) is 0.0909. The molecule has 0 saturated heterocycles. The molecule has 0 bridgehead atoms. The maximum Gasteiger partial charge on any atom is 0.356 e. The molecule has 0 saturated carbocycles. The molecule has 0 aliphatic carbocycles. The Kier molecular flexibility index (Phi) is 3.27. The van der Waals surface area contributed by atoms with Crippen molar-refractivity contribution in [3.63, 3.8) is 0 Å². The predicted octanol–water partition coefficient (Wildman–Crippen LogP) is 2.53. The number of phenolic OH excluding ortho intramolecular Hbond substituents is 1. The summed E-state index contributed by atoms with van der Waals surface area (Å²) < 4.78 is 28.2. The predicted molar refractivity (Wildman–Crippen MR) is 64.9 cm³/mol. The van der Waals surface area contributed by atoms with Gasteiger partial charge in [0.2, 0.25) is 0 Å². The van der Waals surface area contributed by atoms with E-state index in [0.717, 1.165) is 16.8 Å². The van der Waals surface area contributed by atoms with Crippen molar-refractivity contribution in [1.82, 2.24) is 9.78 Å². The van der Waals surface area contributed by atoms with Gasteiger partial charge in [0.1, 0.15) is 0 Å². The van der Waals surface area contributed by atoms with Gasteiger partial charge in [0.25, 0.3) is 0 Å². The van der Waals surface area contributed by atoms with E-state index < -0.39 is 28.9 Å². The van der Waals surface area contributed by atoms with Crippen molar-refractivity contribution in [2.45, 2.75) is 0 Å². The summed E-state index contributed by atoms with van der Waals surface area (Å²) in [5.74, 6) is -4.14. The number of aryl methyl sites for hydroxylation is 1. The number of carboxylic acid groups (broad SMARTS) is 1. The first-order chi connectivity index (χ1) is 8.82. The van der Waals surface area contributed by atoms with Crippen LogP contribution < -0.4 is 0 Å². The maximum atomic E-state index is 14.0. The molecule has 0 fully saturated rings. The third-order valence-corrected chi connectivity index (χ3v) is 3.08. The van der Waals surface area contributed by atoms with Gasteiger partial charge in [0.15, 0.2) is 23.1 Å². The zero-order valence-electron chi connectivity index (χ0n) is 9.49. The number of aromatic carboxylic acids is 1. The quantitative estimate of drug-likeness (QED) is 0.828. The number of nitrogens with zero attached hydrogens (tertiary/aromatic N) is 2. The number of hydrogen-bond donors (Lipinski definition) is 2. The van der Waals surface area contributed by atoms with Gasteiger partial charge >= 0.3 is 5.97 Å². The van der Waals surface area contributed by atoms with Gasteiger partial charge < -0.3 is 10.2 Å². The average Bonchev–Trinajstić information content (AvgIpc) is 2.70. The molecule has 100 valence electrons. The van der Waals surface area contributed by atoms with Gasteiger partial charge in [-0.1, -0.05) is 0 Å². The molecule has 0 spiro atoms. The topological polar surface area (TPSA) is 75.4 Å². The standard InChI is InChI=1S/C11H7BrF2N2O3/c1-16-7(3-6(15-16)11(18)19)8-9(14)4(12)2-5(13)10(8)17/h2-3,17H,1H3,(H,18,19). The van der Waals surface area contributed by atoms with E-state index in [2.05, 4.69) is 21.0 Å². The first-order valence-corrected chi connectivity index (χ1v) is 5.76. The number of hydrogen-bond acceptors (Lipinski definition) is 3. The molecule has 2 N–H and O–H groups in total. The number of aromatic nitrogens is 2. The highest BCUT2D eigenvalue weighted by Crippen LogP contribution is 2.37. The van der Waals surface area contributed by atoms with Gasteiger partial charge in [-0.2, -0.15) is 5.10 Å². The molecule has 1 heterocycles. The second kappa shape index (κ2) is 4.61. The van der Waals surface area contributed by atoms with Gasteiger partial charge in [-0.05, 0) is 28.1 Å². The third-order valence-electron chi connectivity index (χ3n) is 2.50. The molecule has 8 heteroatoms. The zero-order chi connectivity index (χ0) is 14.3. The molecule has 0 radical (unpaired) electrons. The summed E-state index contributed by atoms with van der Waals surface area (Å²) in [4.78, 5) is 10.8. The second-order valence-electron chi connectivity index (χ2n) is 3.72. The number of carbonyl (C=O) groups is 1. The molecule has 1 aromatic carbocycles. The van der Waals surface area contributed by atoms with Crippen molar-refractivity contribution in [2.75, 3.05) is 0 Å². The minimum Gasteiger partial charge on any atom is -0.504 e. The van der Waals surface area contributed by atoms with Crippen LogP contribution in [0.3, 0.4) is 0 Å². The van der Waals surface area contributed by atoms with Crippen LogP contribution >= 0.6 is 15.9 Å². The molecule has 0 amide bonds. The monoisotopic (exact) mass is 332 g/mol. The van der Waals surface area contributed by atoms with E-state index >= 15 is 0 Å². The third kappa shape index (κ3) is 2.19. The molecule has 0 unspecified atom stereocenters. The van der Waals surface area contributed by atoms with Crippen LogP contribution in [0.1, 0.15) is 10.5 Å². The number of rotatable bonds is 2. The molecule has 0 aliphatic rings. The summed E-state index contributed by atoms with van der Waals surface area (Å²) in [6, 6.07) is 1.83. The number of benzene rings is 1. The lowest BCUT2D eigenvalue weighted by atomic mass is 10.1. The van der Waals surface area contributed by atoms with Crippen molar-refractivity contribution >= 4 is 21.9 Å². The molecular weight excluding hydrogens is 326 g/mol. The van der Waals surface area contributed by atoms with Crippen LogP contribution in [-0.4, -0.2) is 26.0 Å². The summed E-state index contributed by atoms with van der Waals surface area (Å²) in [5, 5.41) is 22.0. The Hall–Kier alpha value is -1.96. The number of phenols is 1. The van der Waals surface area contributed by atoms with Crippen molar-refractivity contribution in [3.8, 4) is 17.0 Å². The molecule has 2 aromatic rings. The van der Waals surface area contributed by atoms with Gasteiger partial charge in [0.05, 0.1) is 15.7 Å². The van der Waals surface area contributed by atoms with Gasteiger partial charge in [-0.15, -0.1) is 0 Å². The highest BCUT2D eigenvalue weighted by Gasteiger charge is 2.23. The Morgan fingerprint density at radius 2 is 2.05 bits per heavy atom. The van der Waals surface area contributed by atoms with Crippen molar-refractivity contribution < 1.29 is 23.8 Å². The number of aromatic hydroxyl groups is 1.